The van der Waals surface area contributed by atoms with Crippen molar-refractivity contribution in [2.45, 2.75) is 19.6 Å². The molecule has 0 saturated carbocycles. The molecule has 124 valence electrons. The van der Waals surface area contributed by atoms with Crippen LogP contribution in [0.15, 0.2) is 35.5 Å². The van der Waals surface area contributed by atoms with Gasteiger partial charge in [-0.1, -0.05) is 5.16 Å². The van der Waals surface area contributed by atoms with Crippen LogP contribution in [0.5, 0.6) is 0 Å². The molecule has 0 saturated heterocycles. The van der Waals surface area contributed by atoms with Gasteiger partial charge >= 0.3 is 0 Å². The van der Waals surface area contributed by atoms with Crippen LogP contribution in [0.1, 0.15) is 17.0 Å². The van der Waals surface area contributed by atoms with E-state index in [1.165, 1.54) is 18.1 Å². The number of anilines is 1. The summed E-state index contributed by atoms with van der Waals surface area (Å²) >= 11 is 1.51. The summed E-state index contributed by atoms with van der Waals surface area (Å²) in [7, 11) is 0. The molecule has 1 N–H and O–H groups in total. The van der Waals surface area contributed by atoms with Crippen LogP contribution in [0.2, 0.25) is 0 Å². The molecule has 24 heavy (non-hydrogen) atoms. The van der Waals surface area contributed by atoms with Crippen molar-refractivity contribution >= 4 is 23.4 Å². The second kappa shape index (κ2) is 7.26. The zero-order chi connectivity index (χ0) is 16.9. The maximum atomic E-state index is 12.0. The number of hydrogen-bond acceptors (Lipinski definition) is 7. The van der Waals surface area contributed by atoms with Crippen molar-refractivity contribution in [3.63, 3.8) is 0 Å². The number of pyridine rings is 1. The van der Waals surface area contributed by atoms with E-state index in [2.05, 4.69) is 25.5 Å². The van der Waals surface area contributed by atoms with Crippen LogP contribution in [0, 0.1) is 13.8 Å². The second-order valence-corrected chi connectivity index (χ2v) is 6.07. The van der Waals surface area contributed by atoms with E-state index >= 15 is 0 Å². The predicted octanol–water partition coefficient (Wildman–Crippen LogP) is 2.14. The standard InChI is InChI=1S/C15H16N6O2S/c1-10-13(11(2)23-20-10)6-24-7-15(22)19-12-3-4-14(17-5-12)21-9-16-8-18-21/h3-5,8-9H,6-7H2,1-2H3,(H,19,22). The highest BCUT2D eigenvalue weighted by molar-refractivity contribution is 7.99. The Bertz CT molecular complexity index is 794. The van der Waals surface area contributed by atoms with Gasteiger partial charge in [-0.05, 0) is 26.0 Å². The van der Waals surface area contributed by atoms with Gasteiger partial charge in [0.25, 0.3) is 0 Å². The predicted molar refractivity (Wildman–Crippen MR) is 89.9 cm³/mol. The summed E-state index contributed by atoms with van der Waals surface area (Å²) < 4.78 is 6.65. The Morgan fingerprint density at radius 1 is 1.38 bits per heavy atom. The van der Waals surface area contributed by atoms with E-state index in [0.717, 1.165) is 17.0 Å². The van der Waals surface area contributed by atoms with Gasteiger partial charge in [0.15, 0.2) is 5.82 Å². The molecule has 9 heteroatoms. The summed E-state index contributed by atoms with van der Waals surface area (Å²) in [5.74, 6) is 2.39. The fraction of sp³-hybridized carbons (Fsp3) is 0.267. The van der Waals surface area contributed by atoms with Crippen molar-refractivity contribution < 1.29 is 9.32 Å². The molecule has 3 heterocycles. The number of rotatable bonds is 6. The van der Waals surface area contributed by atoms with Crippen molar-refractivity contribution in [1.82, 2.24) is 24.9 Å². The van der Waals surface area contributed by atoms with Crippen molar-refractivity contribution in [3.8, 4) is 5.82 Å². The molecule has 8 nitrogen and oxygen atoms in total. The largest absolute Gasteiger partial charge is 0.361 e. The topological polar surface area (TPSA) is 98.7 Å². The van der Waals surface area contributed by atoms with Crippen LogP contribution >= 0.6 is 11.8 Å². The number of carbonyl (C=O) groups is 1. The van der Waals surface area contributed by atoms with Crippen LogP contribution in [0.4, 0.5) is 5.69 Å². The molecule has 0 atom stereocenters. The molecular weight excluding hydrogens is 328 g/mol. The van der Waals surface area contributed by atoms with E-state index < -0.39 is 0 Å². The lowest BCUT2D eigenvalue weighted by Crippen LogP contribution is -2.14. The Kier molecular flexibility index (Phi) is 4.90. The minimum Gasteiger partial charge on any atom is -0.361 e. The summed E-state index contributed by atoms with van der Waals surface area (Å²) in [5.41, 5.74) is 2.56. The Hall–Kier alpha value is -2.68. The molecule has 0 aromatic carbocycles. The Labute approximate surface area is 142 Å². The Balaban J connectivity index is 1.50. The van der Waals surface area contributed by atoms with Crippen LogP contribution in [-0.2, 0) is 10.5 Å². The number of carbonyl (C=O) groups excluding carboxylic acids is 1. The third-order valence-electron chi connectivity index (χ3n) is 3.35. The molecule has 0 unspecified atom stereocenters. The van der Waals surface area contributed by atoms with E-state index in [1.54, 1.807) is 29.3 Å². The summed E-state index contributed by atoms with van der Waals surface area (Å²) in [6.45, 7) is 3.77. The van der Waals surface area contributed by atoms with Gasteiger partial charge in [0.2, 0.25) is 5.91 Å². The van der Waals surface area contributed by atoms with E-state index in [1.807, 2.05) is 13.8 Å². The number of amides is 1. The van der Waals surface area contributed by atoms with Crippen LogP contribution in [0.25, 0.3) is 5.82 Å². The number of aromatic nitrogens is 5. The highest BCUT2D eigenvalue weighted by Crippen LogP contribution is 2.19. The first-order valence-corrected chi connectivity index (χ1v) is 8.39. The minimum atomic E-state index is -0.0814. The van der Waals surface area contributed by atoms with Gasteiger partial charge in [-0.2, -0.15) is 5.10 Å². The van der Waals surface area contributed by atoms with Crippen molar-refractivity contribution in [2.75, 3.05) is 11.1 Å². The van der Waals surface area contributed by atoms with Gasteiger partial charge < -0.3 is 9.84 Å². The maximum absolute atomic E-state index is 12.0. The molecule has 0 aliphatic carbocycles. The van der Waals surface area contributed by atoms with Gasteiger partial charge in [0.05, 0.1) is 23.3 Å². The molecule has 0 aliphatic heterocycles. The highest BCUT2D eigenvalue weighted by atomic mass is 32.2. The summed E-state index contributed by atoms with van der Waals surface area (Å²) in [4.78, 5) is 20.1. The fourth-order valence-corrected chi connectivity index (χ4v) is 3.05. The van der Waals surface area contributed by atoms with Crippen LogP contribution in [-0.4, -0.2) is 36.6 Å². The van der Waals surface area contributed by atoms with Gasteiger partial charge in [0, 0.05) is 11.3 Å². The van der Waals surface area contributed by atoms with Crippen LogP contribution in [0.3, 0.4) is 0 Å². The average molecular weight is 344 g/mol. The summed E-state index contributed by atoms with van der Waals surface area (Å²) in [6.07, 6.45) is 4.59. The highest BCUT2D eigenvalue weighted by Gasteiger charge is 2.10. The third kappa shape index (κ3) is 3.80. The molecule has 0 aliphatic rings. The lowest BCUT2D eigenvalue weighted by atomic mass is 10.2. The number of nitrogens with zero attached hydrogens (tertiary/aromatic N) is 5. The van der Waals surface area contributed by atoms with Gasteiger partial charge in [0.1, 0.15) is 18.4 Å². The number of thioether (sulfide) groups is 1. The van der Waals surface area contributed by atoms with Crippen LogP contribution < -0.4 is 5.32 Å². The van der Waals surface area contributed by atoms with Gasteiger partial charge in [-0.25, -0.2) is 14.6 Å². The molecule has 0 radical (unpaired) electrons. The maximum Gasteiger partial charge on any atom is 0.234 e. The molecular formula is C15H16N6O2S. The van der Waals surface area contributed by atoms with E-state index in [4.69, 9.17) is 4.52 Å². The first kappa shape index (κ1) is 16.2. The fourth-order valence-electron chi connectivity index (χ4n) is 2.07. The first-order valence-electron chi connectivity index (χ1n) is 7.24. The van der Waals surface area contributed by atoms with Gasteiger partial charge in [-0.15, -0.1) is 11.8 Å². The average Bonchev–Trinajstić information content (AvgIpc) is 3.21. The molecule has 3 aromatic heterocycles. The zero-order valence-electron chi connectivity index (χ0n) is 13.3. The summed E-state index contributed by atoms with van der Waals surface area (Å²) in [5, 5.41) is 10.7. The molecule has 0 spiro atoms. The third-order valence-corrected chi connectivity index (χ3v) is 4.30. The second-order valence-electron chi connectivity index (χ2n) is 5.09. The molecule has 0 fully saturated rings. The first-order chi connectivity index (χ1) is 11.6. The Morgan fingerprint density at radius 2 is 2.25 bits per heavy atom. The van der Waals surface area contributed by atoms with E-state index in [9.17, 15) is 4.79 Å². The van der Waals surface area contributed by atoms with Crippen molar-refractivity contribution in [3.05, 3.63) is 48.0 Å². The normalized spacial score (nSPS) is 10.8. The van der Waals surface area contributed by atoms with E-state index in [0.29, 0.717) is 23.0 Å². The lowest BCUT2D eigenvalue weighted by Gasteiger charge is -2.06. The number of hydrogen-bond donors (Lipinski definition) is 1. The zero-order valence-corrected chi connectivity index (χ0v) is 14.1. The number of nitrogens with one attached hydrogen (secondary N) is 1. The summed E-state index contributed by atoms with van der Waals surface area (Å²) in [6, 6.07) is 3.54. The van der Waals surface area contributed by atoms with Crippen molar-refractivity contribution in [2.24, 2.45) is 0 Å². The smallest absolute Gasteiger partial charge is 0.234 e. The Morgan fingerprint density at radius 3 is 2.88 bits per heavy atom. The van der Waals surface area contributed by atoms with E-state index in [-0.39, 0.29) is 5.91 Å². The SMILES string of the molecule is Cc1noc(C)c1CSCC(=O)Nc1ccc(-n2cncn2)nc1. The lowest BCUT2D eigenvalue weighted by molar-refractivity contribution is -0.113. The molecule has 1 amide bonds. The van der Waals surface area contributed by atoms with Crippen molar-refractivity contribution in [1.29, 1.82) is 0 Å². The van der Waals surface area contributed by atoms with Gasteiger partial charge in [-0.3, -0.25) is 4.79 Å². The quantitative estimate of drug-likeness (QED) is 0.731. The molecule has 3 rings (SSSR count). The molecule has 3 aromatic rings. The number of aryl methyl sites for hydroxylation is 2. The minimum absolute atomic E-state index is 0.0814. The molecule has 0 bridgehead atoms. The monoisotopic (exact) mass is 344 g/mol.